The van der Waals surface area contributed by atoms with Gasteiger partial charge >= 0.3 is 0 Å². The number of nitrogens with zero attached hydrogens (tertiary/aromatic N) is 1. The van der Waals surface area contributed by atoms with Crippen molar-refractivity contribution >= 4 is 17.5 Å². The quantitative estimate of drug-likeness (QED) is 0.760. The molecular formula is C19H21N3O3. The van der Waals surface area contributed by atoms with Crippen molar-refractivity contribution in [3.05, 3.63) is 54.4 Å². The first-order valence-corrected chi connectivity index (χ1v) is 8.36. The van der Waals surface area contributed by atoms with E-state index in [0.29, 0.717) is 31.7 Å². The highest BCUT2D eigenvalue weighted by Gasteiger charge is 2.56. The van der Waals surface area contributed by atoms with E-state index >= 15 is 0 Å². The summed E-state index contributed by atoms with van der Waals surface area (Å²) in [7, 11) is 0. The number of anilines is 1. The van der Waals surface area contributed by atoms with Gasteiger partial charge in [-0.1, -0.05) is 6.07 Å². The fourth-order valence-electron chi connectivity index (χ4n) is 2.58. The molecule has 3 rings (SSSR count). The van der Waals surface area contributed by atoms with Gasteiger partial charge in [0, 0.05) is 11.9 Å². The molecule has 1 aliphatic carbocycles. The van der Waals surface area contributed by atoms with E-state index in [4.69, 9.17) is 4.74 Å². The van der Waals surface area contributed by atoms with Crippen molar-refractivity contribution < 1.29 is 14.3 Å². The highest BCUT2D eigenvalue weighted by Crippen LogP contribution is 2.46. The van der Waals surface area contributed by atoms with Gasteiger partial charge in [-0.05, 0) is 56.2 Å². The van der Waals surface area contributed by atoms with Gasteiger partial charge in [-0.15, -0.1) is 0 Å². The molecular weight excluding hydrogens is 318 g/mol. The van der Waals surface area contributed by atoms with Crippen LogP contribution in [0, 0.1) is 5.41 Å². The third-order valence-electron chi connectivity index (χ3n) is 4.20. The molecule has 25 heavy (non-hydrogen) atoms. The second-order valence-electron chi connectivity index (χ2n) is 6.00. The molecule has 2 amide bonds. The van der Waals surface area contributed by atoms with Crippen molar-refractivity contribution in [3.63, 3.8) is 0 Å². The second kappa shape index (κ2) is 7.34. The Morgan fingerprint density at radius 3 is 2.48 bits per heavy atom. The smallest absolute Gasteiger partial charge is 0.240 e. The number of hydrogen-bond donors (Lipinski definition) is 2. The molecule has 0 radical (unpaired) electrons. The zero-order valence-electron chi connectivity index (χ0n) is 14.1. The van der Waals surface area contributed by atoms with Crippen molar-refractivity contribution in [3.8, 4) is 5.75 Å². The molecule has 1 heterocycles. The normalized spacial score (nSPS) is 14.4. The Balaban J connectivity index is 1.58. The fourth-order valence-corrected chi connectivity index (χ4v) is 2.58. The summed E-state index contributed by atoms with van der Waals surface area (Å²) in [6, 6.07) is 12.6. The summed E-state index contributed by atoms with van der Waals surface area (Å²) in [5.41, 5.74) is 0.448. The summed E-state index contributed by atoms with van der Waals surface area (Å²) in [6.07, 6.45) is 2.79. The first-order valence-electron chi connectivity index (χ1n) is 8.36. The molecule has 1 aliphatic rings. The Labute approximate surface area is 146 Å². The van der Waals surface area contributed by atoms with Crippen LogP contribution < -0.4 is 15.4 Å². The average molecular weight is 339 g/mol. The van der Waals surface area contributed by atoms with Crippen LogP contribution in [0.3, 0.4) is 0 Å². The van der Waals surface area contributed by atoms with Crippen LogP contribution in [0.1, 0.15) is 25.5 Å². The third-order valence-corrected chi connectivity index (χ3v) is 4.20. The van der Waals surface area contributed by atoms with E-state index in [1.165, 1.54) is 0 Å². The number of carbonyl (C=O) groups is 2. The molecule has 2 N–H and O–H groups in total. The van der Waals surface area contributed by atoms with Crippen LogP contribution in [0.15, 0.2) is 48.7 Å². The average Bonchev–Trinajstić information content (AvgIpc) is 3.44. The van der Waals surface area contributed by atoms with Crippen molar-refractivity contribution in [1.29, 1.82) is 0 Å². The van der Waals surface area contributed by atoms with Crippen LogP contribution in [0.5, 0.6) is 5.75 Å². The van der Waals surface area contributed by atoms with Gasteiger partial charge in [0.25, 0.3) is 0 Å². The van der Waals surface area contributed by atoms with Gasteiger partial charge in [-0.2, -0.15) is 0 Å². The van der Waals surface area contributed by atoms with Crippen molar-refractivity contribution in [2.45, 2.75) is 26.3 Å². The summed E-state index contributed by atoms with van der Waals surface area (Å²) in [4.78, 5) is 29.2. The van der Waals surface area contributed by atoms with Crippen LogP contribution in [-0.2, 0) is 16.1 Å². The zero-order chi connectivity index (χ0) is 17.7. The summed E-state index contributed by atoms with van der Waals surface area (Å²) in [5, 5.41) is 5.63. The zero-order valence-corrected chi connectivity index (χ0v) is 14.1. The van der Waals surface area contributed by atoms with Crippen molar-refractivity contribution in [2.75, 3.05) is 11.9 Å². The molecule has 1 fully saturated rings. The van der Waals surface area contributed by atoms with Crippen LogP contribution in [0.25, 0.3) is 0 Å². The highest BCUT2D eigenvalue weighted by atomic mass is 16.5. The number of hydrogen-bond acceptors (Lipinski definition) is 4. The van der Waals surface area contributed by atoms with Gasteiger partial charge in [-0.25, -0.2) is 0 Å². The Bertz CT molecular complexity index is 740. The number of carbonyl (C=O) groups excluding carboxylic acids is 2. The number of nitrogens with one attached hydrogen (secondary N) is 2. The van der Waals surface area contributed by atoms with E-state index in [1.807, 2.05) is 25.1 Å². The van der Waals surface area contributed by atoms with E-state index in [-0.39, 0.29) is 11.8 Å². The van der Waals surface area contributed by atoms with Gasteiger partial charge in [0.05, 0.1) is 18.8 Å². The maximum atomic E-state index is 12.5. The fraction of sp³-hybridized carbons (Fsp3) is 0.316. The number of amides is 2. The first-order chi connectivity index (χ1) is 12.1. The lowest BCUT2D eigenvalue weighted by molar-refractivity contribution is -0.134. The van der Waals surface area contributed by atoms with Gasteiger partial charge < -0.3 is 15.4 Å². The molecule has 1 aromatic carbocycles. The van der Waals surface area contributed by atoms with E-state index in [9.17, 15) is 9.59 Å². The largest absolute Gasteiger partial charge is 0.494 e. The van der Waals surface area contributed by atoms with E-state index in [2.05, 4.69) is 15.6 Å². The van der Waals surface area contributed by atoms with Crippen LogP contribution >= 0.6 is 0 Å². The lowest BCUT2D eigenvalue weighted by atomic mass is 10.0. The molecule has 130 valence electrons. The van der Waals surface area contributed by atoms with Crippen LogP contribution in [-0.4, -0.2) is 23.4 Å². The van der Waals surface area contributed by atoms with E-state index in [0.717, 1.165) is 11.4 Å². The lowest BCUT2D eigenvalue weighted by Gasteiger charge is -2.15. The molecule has 0 spiro atoms. The SMILES string of the molecule is CCOc1ccc(NC(=O)C2(C(=O)NCc3ccccn3)CC2)cc1. The maximum absolute atomic E-state index is 12.5. The number of aromatic nitrogens is 1. The minimum atomic E-state index is -0.965. The Kier molecular flexibility index (Phi) is 4.97. The number of ether oxygens (including phenoxy) is 1. The Morgan fingerprint density at radius 2 is 1.88 bits per heavy atom. The monoisotopic (exact) mass is 339 g/mol. The van der Waals surface area contributed by atoms with Crippen LogP contribution in [0.2, 0.25) is 0 Å². The molecule has 0 atom stereocenters. The summed E-state index contributed by atoms with van der Waals surface area (Å²) < 4.78 is 5.37. The molecule has 0 bridgehead atoms. The van der Waals surface area contributed by atoms with E-state index < -0.39 is 5.41 Å². The molecule has 1 aromatic heterocycles. The predicted molar refractivity (Wildman–Crippen MR) is 94.0 cm³/mol. The standard InChI is InChI=1S/C19H21N3O3/c1-2-25-16-8-6-14(7-9-16)22-18(24)19(10-11-19)17(23)21-13-15-5-3-4-12-20-15/h3-9,12H,2,10-11,13H2,1H3,(H,21,23)(H,22,24). The molecule has 2 aromatic rings. The minimum Gasteiger partial charge on any atom is -0.494 e. The number of rotatable bonds is 7. The van der Waals surface area contributed by atoms with E-state index in [1.54, 1.807) is 30.5 Å². The number of benzene rings is 1. The van der Waals surface area contributed by atoms with Crippen LogP contribution in [0.4, 0.5) is 5.69 Å². The highest BCUT2D eigenvalue weighted by molar-refractivity contribution is 6.13. The second-order valence-corrected chi connectivity index (χ2v) is 6.00. The Hall–Kier alpha value is -2.89. The summed E-state index contributed by atoms with van der Waals surface area (Å²) >= 11 is 0. The minimum absolute atomic E-state index is 0.249. The molecule has 6 nitrogen and oxygen atoms in total. The summed E-state index contributed by atoms with van der Waals surface area (Å²) in [5.74, 6) is 0.228. The van der Waals surface area contributed by atoms with Gasteiger partial charge in [0.15, 0.2) is 0 Å². The first kappa shape index (κ1) is 17.0. The molecule has 0 saturated heterocycles. The third kappa shape index (κ3) is 3.96. The van der Waals surface area contributed by atoms with Crippen molar-refractivity contribution in [2.24, 2.45) is 5.41 Å². The molecule has 6 heteroatoms. The number of pyridine rings is 1. The molecule has 0 unspecified atom stereocenters. The van der Waals surface area contributed by atoms with Gasteiger partial charge in [0.2, 0.25) is 11.8 Å². The Morgan fingerprint density at radius 1 is 1.12 bits per heavy atom. The summed E-state index contributed by atoms with van der Waals surface area (Å²) in [6.45, 7) is 2.82. The predicted octanol–water partition coefficient (Wildman–Crippen LogP) is 2.52. The van der Waals surface area contributed by atoms with Gasteiger partial charge in [-0.3, -0.25) is 14.6 Å². The maximum Gasteiger partial charge on any atom is 0.240 e. The van der Waals surface area contributed by atoms with Gasteiger partial charge in [0.1, 0.15) is 11.2 Å². The topological polar surface area (TPSA) is 80.3 Å². The van der Waals surface area contributed by atoms with Crippen molar-refractivity contribution in [1.82, 2.24) is 10.3 Å². The molecule has 1 saturated carbocycles. The molecule has 0 aliphatic heterocycles. The lowest BCUT2D eigenvalue weighted by Crippen LogP contribution is -2.39.